The second kappa shape index (κ2) is 7.41. The lowest BCUT2D eigenvalue weighted by Crippen LogP contribution is -2.30. The molecule has 1 heterocycles. The summed E-state index contributed by atoms with van der Waals surface area (Å²) in [6.07, 6.45) is 0. The molecule has 0 fully saturated rings. The molecule has 1 amide bonds. The number of hydrogen-bond donors (Lipinski definition) is 1. The Kier molecular flexibility index (Phi) is 6.15. The first kappa shape index (κ1) is 17.4. The van der Waals surface area contributed by atoms with Crippen LogP contribution in [-0.2, 0) is 10.2 Å². The first-order chi connectivity index (χ1) is 9.79. The predicted octanol–water partition coefficient (Wildman–Crippen LogP) is 2.53. The van der Waals surface area contributed by atoms with E-state index in [2.05, 4.69) is 31.1 Å². The number of carbonyl (C=O) groups is 1. The lowest BCUT2D eigenvalue weighted by Gasteiger charge is -2.22. The summed E-state index contributed by atoms with van der Waals surface area (Å²) in [5.41, 5.74) is 1.46. The maximum atomic E-state index is 12.5. The number of rotatable bonds is 6. The predicted molar refractivity (Wildman–Crippen MR) is 85.9 cm³/mol. The van der Waals surface area contributed by atoms with Crippen molar-refractivity contribution in [1.82, 2.24) is 9.88 Å². The highest BCUT2D eigenvalue weighted by Crippen LogP contribution is 2.24. The van der Waals surface area contributed by atoms with Crippen LogP contribution in [0.4, 0.5) is 5.82 Å². The number of ether oxygens (including phenoxy) is 1. The van der Waals surface area contributed by atoms with Crippen molar-refractivity contribution in [2.45, 2.75) is 33.1 Å². The van der Waals surface area contributed by atoms with E-state index in [1.54, 1.807) is 19.1 Å². The second-order valence-corrected chi connectivity index (χ2v) is 6.13. The number of nitrogens with one attached hydrogen (secondary N) is 1. The highest BCUT2D eigenvalue weighted by atomic mass is 16.5. The van der Waals surface area contributed by atoms with Gasteiger partial charge in [-0.2, -0.15) is 0 Å². The molecule has 0 saturated heterocycles. The average molecular weight is 293 g/mol. The Labute approximate surface area is 127 Å². The van der Waals surface area contributed by atoms with Crippen molar-refractivity contribution in [2.24, 2.45) is 0 Å². The molecule has 0 aliphatic rings. The molecule has 0 radical (unpaired) electrons. The van der Waals surface area contributed by atoms with Crippen molar-refractivity contribution in [2.75, 3.05) is 39.2 Å². The van der Waals surface area contributed by atoms with Crippen LogP contribution in [0.5, 0.6) is 0 Å². The molecular weight excluding hydrogens is 266 g/mol. The third kappa shape index (κ3) is 5.01. The molecule has 0 saturated carbocycles. The van der Waals surface area contributed by atoms with Crippen molar-refractivity contribution in [1.29, 1.82) is 0 Å². The first-order valence-electron chi connectivity index (χ1n) is 7.30. The summed E-state index contributed by atoms with van der Waals surface area (Å²) in [6.45, 7) is 10.2. The quantitative estimate of drug-likeness (QED) is 0.875. The molecule has 0 aliphatic carbocycles. The molecule has 1 aromatic rings. The van der Waals surface area contributed by atoms with E-state index in [0.29, 0.717) is 18.7 Å². The molecule has 5 nitrogen and oxygen atoms in total. The standard InChI is InChI=1S/C16H27N3O2/c1-7-17-14-11-12(10-13(18-14)16(2,3)4)15(20)19(5)8-9-21-6/h10-11H,7-9H2,1-6H3,(H,17,18). The molecule has 0 unspecified atom stereocenters. The Morgan fingerprint density at radius 3 is 2.57 bits per heavy atom. The van der Waals surface area contributed by atoms with E-state index in [1.165, 1.54) is 0 Å². The summed E-state index contributed by atoms with van der Waals surface area (Å²) in [7, 11) is 3.41. The lowest BCUT2D eigenvalue weighted by atomic mass is 9.90. The minimum atomic E-state index is -0.106. The van der Waals surface area contributed by atoms with E-state index < -0.39 is 0 Å². The van der Waals surface area contributed by atoms with Crippen LogP contribution in [0, 0.1) is 0 Å². The van der Waals surface area contributed by atoms with Crippen LogP contribution >= 0.6 is 0 Å². The van der Waals surface area contributed by atoms with E-state index in [4.69, 9.17) is 4.74 Å². The van der Waals surface area contributed by atoms with Crippen molar-refractivity contribution in [3.8, 4) is 0 Å². The third-order valence-electron chi connectivity index (χ3n) is 3.18. The van der Waals surface area contributed by atoms with Gasteiger partial charge < -0.3 is 15.0 Å². The van der Waals surface area contributed by atoms with Gasteiger partial charge in [0.25, 0.3) is 5.91 Å². The van der Waals surface area contributed by atoms with Gasteiger partial charge in [-0.15, -0.1) is 0 Å². The highest BCUT2D eigenvalue weighted by molar-refractivity contribution is 5.95. The van der Waals surface area contributed by atoms with Crippen molar-refractivity contribution < 1.29 is 9.53 Å². The lowest BCUT2D eigenvalue weighted by molar-refractivity contribution is 0.0744. The fourth-order valence-electron chi connectivity index (χ4n) is 1.86. The van der Waals surface area contributed by atoms with Crippen LogP contribution < -0.4 is 5.32 Å². The third-order valence-corrected chi connectivity index (χ3v) is 3.18. The normalized spacial score (nSPS) is 11.3. The van der Waals surface area contributed by atoms with Gasteiger partial charge in [-0.05, 0) is 19.1 Å². The molecule has 0 bridgehead atoms. The number of amides is 1. The number of nitrogens with zero attached hydrogens (tertiary/aromatic N) is 2. The van der Waals surface area contributed by atoms with E-state index >= 15 is 0 Å². The highest BCUT2D eigenvalue weighted by Gasteiger charge is 2.20. The van der Waals surface area contributed by atoms with Crippen LogP contribution in [-0.4, -0.2) is 49.6 Å². The van der Waals surface area contributed by atoms with Crippen LogP contribution in [0.2, 0.25) is 0 Å². The molecule has 1 N–H and O–H groups in total. The number of hydrogen-bond acceptors (Lipinski definition) is 4. The second-order valence-electron chi connectivity index (χ2n) is 6.13. The SMILES string of the molecule is CCNc1cc(C(=O)N(C)CCOC)cc(C(C)(C)C)n1. The average Bonchev–Trinajstić information content (AvgIpc) is 2.43. The monoisotopic (exact) mass is 293 g/mol. The molecule has 0 atom stereocenters. The Morgan fingerprint density at radius 2 is 2.05 bits per heavy atom. The van der Waals surface area contributed by atoms with Gasteiger partial charge in [0.15, 0.2) is 0 Å². The first-order valence-corrected chi connectivity index (χ1v) is 7.30. The molecule has 118 valence electrons. The smallest absolute Gasteiger partial charge is 0.253 e. The van der Waals surface area contributed by atoms with Crippen LogP contribution in [0.1, 0.15) is 43.7 Å². The van der Waals surface area contributed by atoms with Gasteiger partial charge in [-0.1, -0.05) is 20.8 Å². The Balaban J connectivity index is 3.10. The van der Waals surface area contributed by atoms with E-state index in [9.17, 15) is 4.79 Å². The van der Waals surface area contributed by atoms with Gasteiger partial charge in [0.05, 0.1) is 6.61 Å². The van der Waals surface area contributed by atoms with Crippen LogP contribution in [0.25, 0.3) is 0 Å². The Bertz CT molecular complexity index is 481. The molecule has 1 rings (SSSR count). The minimum absolute atomic E-state index is 0.0147. The van der Waals surface area contributed by atoms with Crippen LogP contribution in [0.15, 0.2) is 12.1 Å². The summed E-state index contributed by atoms with van der Waals surface area (Å²) < 4.78 is 5.02. The van der Waals surface area contributed by atoms with Crippen LogP contribution in [0.3, 0.4) is 0 Å². The number of aromatic nitrogens is 1. The van der Waals surface area contributed by atoms with E-state index in [0.717, 1.165) is 18.1 Å². The number of methoxy groups -OCH3 is 1. The minimum Gasteiger partial charge on any atom is -0.383 e. The summed E-state index contributed by atoms with van der Waals surface area (Å²) >= 11 is 0. The van der Waals surface area contributed by atoms with Crippen molar-refractivity contribution >= 4 is 11.7 Å². The summed E-state index contributed by atoms with van der Waals surface area (Å²) in [5, 5.41) is 3.19. The Morgan fingerprint density at radius 1 is 1.38 bits per heavy atom. The van der Waals surface area contributed by atoms with Gasteiger partial charge in [0.2, 0.25) is 0 Å². The Hall–Kier alpha value is -1.62. The van der Waals surface area contributed by atoms with Gasteiger partial charge in [-0.25, -0.2) is 4.98 Å². The molecule has 21 heavy (non-hydrogen) atoms. The summed E-state index contributed by atoms with van der Waals surface area (Å²) in [6, 6.07) is 3.69. The maximum absolute atomic E-state index is 12.5. The fraction of sp³-hybridized carbons (Fsp3) is 0.625. The molecule has 0 spiro atoms. The molecule has 0 aliphatic heterocycles. The number of likely N-dealkylation sites (N-methyl/N-ethyl adjacent to an activating group) is 1. The van der Waals surface area contributed by atoms with Gasteiger partial charge in [-0.3, -0.25) is 4.79 Å². The fourth-order valence-corrected chi connectivity index (χ4v) is 1.86. The number of anilines is 1. The van der Waals surface area contributed by atoms with Crippen molar-refractivity contribution in [3.63, 3.8) is 0 Å². The van der Waals surface area contributed by atoms with Gasteiger partial charge >= 0.3 is 0 Å². The zero-order valence-electron chi connectivity index (χ0n) is 14.0. The summed E-state index contributed by atoms with van der Waals surface area (Å²) in [5.74, 6) is 0.729. The van der Waals surface area contributed by atoms with Gasteiger partial charge in [0, 0.05) is 43.9 Å². The van der Waals surface area contributed by atoms with E-state index in [-0.39, 0.29) is 11.3 Å². The number of pyridine rings is 1. The number of carbonyl (C=O) groups excluding carboxylic acids is 1. The zero-order chi connectivity index (χ0) is 16.0. The molecule has 0 aromatic carbocycles. The molecular formula is C16H27N3O2. The maximum Gasteiger partial charge on any atom is 0.253 e. The summed E-state index contributed by atoms with van der Waals surface area (Å²) in [4.78, 5) is 18.8. The van der Waals surface area contributed by atoms with Crippen molar-refractivity contribution in [3.05, 3.63) is 23.4 Å². The van der Waals surface area contributed by atoms with Gasteiger partial charge in [0.1, 0.15) is 5.82 Å². The molecule has 1 aromatic heterocycles. The van der Waals surface area contributed by atoms with E-state index in [1.807, 2.05) is 19.1 Å². The topological polar surface area (TPSA) is 54.5 Å². The zero-order valence-corrected chi connectivity index (χ0v) is 14.0. The molecule has 5 heteroatoms. The largest absolute Gasteiger partial charge is 0.383 e.